The SMILES string of the molecule is CNC(C)C(=O)NC(C)CCCCC1CCC(C(=O)NCc2cccc(NC(=O)C3CCCC(=O)O3)c2)N1C=O. The first-order valence-electron chi connectivity index (χ1n) is 14.3. The predicted octanol–water partition coefficient (Wildman–Crippen LogP) is 2.00. The van der Waals surface area contributed by atoms with Gasteiger partial charge in [-0.15, -0.1) is 0 Å². The van der Waals surface area contributed by atoms with Gasteiger partial charge in [-0.3, -0.25) is 24.0 Å². The summed E-state index contributed by atoms with van der Waals surface area (Å²) in [6.45, 7) is 4.06. The number of unbranched alkanes of at least 4 members (excludes halogenated alkanes) is 1. The van der Waals surface area contributed by atoms with Crippen LogP contribution in [0.3, 0.4) is 0 Å². The summed E-state index contributed by atoms with van der Waals surface area (Å²) in [5.74, 6) is -0.949. The zero-order chi connectivity index (χ0) is 29.1. The van der Waals surface area contributed by atoms with Crippen LogP contribution in [0.4, 0.5) is 5.69 Å². The summed E-state index contributed by atoms with van der Waals surface area (Å²) in [6.07, 6.45) is 6.32. The van der Waals surface area contributed by atoms with E-state index < -0.39 is 12.1 Å². The third kappa shape index (κ3) is 9.04. The summed E-state index contributed by atoms with van der Waals surface area (Å²) >= 11 is 0. The van der Waals surface area contributed by atoms with Gasteiger partial charge in [-0.25, -0.2) is 0 Å². The first-order valence-corrected chi connectivity index (χ1v) is 14.3. The van der Waals surface area contributed by atoms with Crippen LogP contribution < -0.4 is 21.3 Å². The van der Waals surface area contributed by atoms with Crippen molar-refractivity contribution in [2.75, 3.05) is 12.4 Å². The molecule has 4 amide bonds. The van der Waals surface area contributed by atoms with Crippen molar-refractivity contribution in [3.05, 3.63) is 29.8 Å². The van der Waals surface area contributed by atoms with Gasteiger partial charge in [-0.2, -0.15) is 0 Å². The second kappa shape index (κ2) is 15.4. The van der Waals surface area contributed by atoms with Crippen molar-refractivity contribution < 1.29 is 28.7 Å². The lowest BCUT2D eigenvalue weighted by atomic mass is 10.0. The number of carbonyl (C=O) groups is 5. The lowest BCUT2D eigenvalue weighted by Gasteiger charge is -2.26. The molecule has 5 unspecified atom stereocenters. The Morgan fingerprint density at radius 2 is 1.93 bits per heavy atom. The number of ether oxygens (including phenoxy) is 1. The molecule has 0 radical (unpaired) electrons. The van der Waals surface area contributed by atoms with Crippen molar-refractivity contribution in [3.8, 4) is 0 Å². The van der Waals surface area contributed by atoms with Gasteiger partial charge in [0.2, 0.25) is 18.2 Å². The highest BCUT2D eigenvalue weighted by Crippen LogP contribution is 2.27. The Morgan fingerprint density at radius 3 is 2.65 bits per heavy atom. The van der Waals surface area contributed by atoms with Crippen molar-refractivity contribution >= 4 is 35.8 Å². The molecule has 0 saturated carbocycles. The molecule has 4 N–H and O–H groups in total. The van der Waals surface area contributed by atoms with Crippen LogP contribution in [-0.2, 0) is 35.3 Å². The van der Waals surface area contributed by atoms with E-state index in [0.29, 0.717) is 31.4 Å². The fourth-order valence-corrected chi connectivity index (χ4v) is 5.21. The lowest BCUT2D eigenvalue weighted by Crippen LogP contribution is -2.45. The van der Waals surface area contributed by atoms with Crippen LogP contribution in [0.1, 0.15) is 77.2 Å². The maximum Gasteiger partial charge on any atom is 0.306 e. The lowest BCUT2D eigenvalue weighted by molar-refractivity contribution is -0.158. The minimum atomic E-state index is -0.786. The Balaban J connectivity index is 1.41. The van der Waals surface area contributed by atoms with Gasteiger partial charge in [0.05, 0.1) is 6.04 Å². The van der Waals surface area contributed by atoms with Gasteiger partial charge in [-0.1, -0.05) is 25.0 Å². The molecule has 0 spiro atoms. The topological polar surface area (TPSA) is 146 Å². The summed E-state index contributed by atoms with van der Waals surface area (Å²) in [4.78, 5) is 62.4. The third-order valence-corrected chi connectivity index (χ3v) is 7.69. The first-order chi connectivity index (χ1) is 19.2. The highest BCUT2D eigenvalue weighted by molar-refractivity contribution is 5.95. The number of anilines is 1. The van der Waals surface area contributed by atoms with E-state index in [4.69, 9.17) is 4.74 Å². The van der Waals surface area contributed by atoms with Crippen molar-refractivity contribution in [3.63, 3.8) is 0 Å². The van der Waals surface area contributed by atoms with Crippen LogP contribution in [0.15, 0.2) is 24.3 Å². The fraction of sp³-hybridized carbons (Fsp3) is 0.621. The Labute approximate surface area is 236 Å². The molecule has 0 aromatic heterocycles. The molecule has 2 aliphatic heterocycles. The molecule has 11 nitrogen and oxygen atoms in total. The molecule has 40 heavy (non-hydrogen) atoms. The number of nitrogens with one attached hydrogen (secondary N) is 4. The number of likely N-dealkylation sites (N-methyl/N-ethyl adjacent to an activating group) is 1. The number of benzene rings is 1. The second-order valence-electron chi connectivity index (χ2n) is 10.8. The number of hydrogen-bond acceptors (Lipinski definition) is 7. The van der Waals surface area contributed by atoms with Crippen LogP contribution in [0.2, 0.25) is 0 Å². The van der Waals surface area contributed by atoms with Crippen LogP contribution >= 0.6 is 0 Å². The van der Waals surface area contributed by atoms with E-state index in [1.165, 1.54) is 0 Å². The molecule has 1 aromatic rings. The van der Waals surface area contributed by atoms with Crippen molar-refractivity contribution in [1.82, 2.24) is 20.9 Å². The largest absolute Gasteiger partial charge is 0.452 e. The first kappa shape index (κ1) is 31.1. The molecule has 5 atom stereocenters. The maximum atomic E-state index is 13.0. The average Bonchev–Trinajstić information content (AvgIpc) is 3.36. The zero-order valence-electron chi connectivity index (χ0n) is 23.7. The number of amides is 4. The van der Waals surface area contributed by atoms with Gasteiger partial charge in [-0.05, 0) is 77.1 Å². The van der Waals surface area contributed by atoms with Crippen molar-refractivity contribution in [1.29, 1.82) is 0 Å². The van der Waals surface area contributed by atoms with E-state index in [2.05, 4.69) is 21.3 Å². The van der Waals surface area contributed by atoms with Crippen LogP contribution in [0.25, 0.3) is 0 Å². The summed E-state index contributed by atoms with van der Waals surface area (Å²) < 4.78 is 5.12. The summed E-state index contributed by atoms with van der Waals surface area (Å²) in [5, 5.41) is 11.6. The van der Waals surface area contributed by atoms with Gasteiger partial charge < -0.3 is 30.9 Å². The van der Waals surface area contributed by atoms with E-state index in [1.54, 1.807) is 30.1 Å². The number of carbonyl (C=O) groups excluding carboxylic acids is 5. The molecule has 2 saturated heterocycles. The molecule has 2 fully saturated rings. The molecule has 2 heterocycles. The number of hydrogen-bond donors (Lipinski definition) is 4. The average molecular weight is 558 g/mol. The van der Waals surface area contributed by atoms with Gasteiger partial charge in [0.15, 0.2) is 6.10 Å². The minimum absolute atomic E-state index is 0.0185. The van der Waals surface area contributed by atoms with Crippen LogP contribution in [-0.4, -0.2) is 72.3 Å². The summed E-state index contributed by atoms with van der Waals surface area (Å²) in [5.41, 5.74) is 1.35. The standard InChI is InChI=1S/C29H43N5O6/c1-19(32-27(37)20(2)30-3)8-4-5-11-23-14-15-24(34(23)18-35)28(38)31-17-21-9-6-10-22(16-21)33-29(39)25-12-7-13-26(36)40-25/h6,9-10,16,18-20,23-25,30H,4-5,7-8,11-15,17H2,1-3H3,(H,31,38)(H,32,37)(H,33,39). The van der Waals surface area contributed by atoms with Gasteiger partial charge in [0, 0.05) is 30.7 Å². The molecule has 2 aliphatic rings. The smallest absolute Gasteiger partial charge is 0.306 e. The monoisotopic (exact) mass is 557 g/mol. The molecule has 11 heteroatoms. The molecule has 3 rings (SSSR count). The molecule has 0 aliphatic carbocycles. The molecule has 1 aromatic carbocycles. The van der Waals surface area contributed by atoms with Gasteiger partial charge in [0.25, 0.3) is 5.91 Å². The van der Waals surface area contributed by atoms with Crippen molar-refractivity contribution in [2.24, 2.45) is 0 Å². The Hall–Kier alpha value is -3.47. The van der Waals surface area contributed by atoms with Crippen molar-refractivity contribution in [2.45, 2.75) is 108 Å². The number of esters is 1. The van der Waals surface area contributed by atoms with Gasteiger partial charge in [0.1, 0.15) is 6.04 Å². The van der Waals surface area contributed by atoms with E-state index >= 15 is 0 Å². The quantitative estimate of drug-likeness (QED) is 0.155. The number of rotatable bonds is 14. The van der Waals surface area contributed by atoms with Gasteiger partial charge >= 0.3 is 5.97 Å². The Kier molecular flexibility index (Phi) is 11.9. The predicted molar refractivity (Wildman–Crippen MR) is 150 cm³/mol. The zero-order valence-corrected chi connectivity index (χ0v) is 23.7. The van der Waals surface area contributed by atoms with Crippen LogP contribution in [0, 0.1) is 0 Å². The number of nitrogens with zero attached hydrogens (tertiary/aromatic N) is 1. The Morgan fingerprint density at radius 1 is 1.12 bits per heavy atom. The highest BCUT2D eigenvalue weighted by atomic mass is 16.5. The van der Waals surface area contributed by atoms with E-state index in [-0.39, 0.29) is 48.4 Å². The summed E-state index contributed by atoms with van der Waals surface area (Å²) in [7, 11) is 1.75. The molecular formula is C29H43N5O6. The van der Waals surface area contributed by atoms with E-state index in [1.807, 2.05) is 19.9 Å². The molecular weight excluding hydrogens is 514 g/mol. The number of cyclic esters (lactones) is 1. The normalized spacial score (nSPS) is 22.1. The van der Waals surface area contributed by atoms with E-state index in [9.17, 15) is 24.0 Å². The maximum absolute atomic E-state index is 13.0. The minimum Gasteiger partial charge on any atom is -0.452 e. The fourth-order valence-electron chi connectivity index (χ4n) is 5.21. The third-order valence-electron chi connectivity index (χ3n) is 7.69. The number of likely N-dealkylation sites (tertiary alicyclic amines) is 1. The second-order valence-corrected chi connectivity index (χ2v) is 10.8. The van der Waals surface area contributed by atoms with E-state index in [0.717, 1.165) is 44.1 Å². The highest BCUT2D eigenvalue weighted by Gasteiger charge is 2.36. The van der Waals surface area contributed by atoms with Crippen LogP contribution in [0.5, 0.6) is 0 Å². The summed E-state index contributed by atoms with van der Waals surface area (Å²) in [6, 6.07) is 6.48. The molecule has 0 bridgehead atoms. The Bertz CT molecular complexity index is 1050. The molecule has 220 valence electrons.